The number of benzene rings is 1. The average molecular weight is 249 g/mol. The Hall–Kier alpha value is -0.860. The first-order chi connectivity index (χ1) is 8.59. The maximum Gasteiger partial charge on any atom is 0.0591 e. The second-order valence-corrected chi connectivity index (χ2v) is 5.38. The van der Waals surface area contributed by atoms with Gasteiger partial charge in [0.2, 0.25) is 0 Å². The fourth-order valence-corrected chi connectivity index (χ4v) is 1.83. The molecule has 0 unspecified atom stereocenters. The predicted molar refractivity (Wildman–Crippen MR) is 77.9 cm³/mol. The van der Waals surface area contributed by atoms with Crippen LogP contribution in [0.5, 0.6) is 0 Å². The van der Waals surface area contributed by atoms with Gasteiger partial charge in [0, 0.05) is 19.2 Å². The maximum atomic E-state index is 5.59. The Morgan fingerprint density at radius 3 is 2.61 bits per heavy atom. The van der Waals surface area contributed by atoms with E-state index >= 15 is 0 Å². The average Bonchev–Trinajstić information content (AvgIpc) is 2.33. The van der Waals surface area contributed by atoms with Crippen LogP contribution in [0.2, 0.25) is 0 Å². The molecule has 0 amide bonds. The minimum Gasteiger partial charge on any atom is -0.380 e. The van der Waals surface area contributed by atoms with Crippen LogP contribution in [-0.2, 0) is 4.74 Å². The highest BCUT2D eigenvalue weighted by Gasteiger charge is 2.03. The van der Waals surface area contributed by atoms with E-state index in [0.717, 1.165) is 32.1 Å². The Balaban J connectivity index is 2.15. The van der Waals surface area contributed by atoms with E-state index in [2.05, 4.69) is 57.3 Å². The second-order valence-electron chi connectivity index (χ2n) is 5.38. The van der Waals surface area contributed by atoms with Crippen LogP contribution in [0.3, 0.4) is 0 Å². The van der Waals surface area contributed by atoms with E-state index in [9.17, 15) is 0 Å². The van der Waals surface area contributed by atoms with E-state index in [4.69, 9.17) is 4.74 Å². The normalized spacial score (nSPS) is 12.9. The molecule has 102 valence electrons. The first kappa shape index (κ1) is 15.2. The van der Waals surface area contributed by atoms with Gasteiger partial charge in [-0.3, -0.25) is 0 Å². The predicted octanol–water partition coefficient (Wildman–Crippen LogP) is 3.71. The van der Waals surface area contributed by atoms with Crippen molar-refractivity contribution in [3.05, 3.63) is 35.4 Å². The fraction of sp³-hybridized carbons (Fsp3) is 0.625. The monoisotopic (exact) mass is 249 g/mol. The smallest absolute Gasteiger partial charge is 0.0591 e. The minimum absolute atomic E-state index is 0.388. The zero-order valence-electron chi connectivity index (χ0n) is 12.2. The summed E-state index contributed by atoms with van der Waals surface area (Å²) in [5, 5.41) is 3.49. The third kappa shape index (κ3) is 6.18. The molecule has 0 aliphatic heterocycles. The molecule has 0 aliphatic rings. The van der Waals surface area contributed by atoms with Crippen LogP contribution >= 0.6 is 0 Å². The van der Waals surface area contributed by atoms with Crippen LogP contribution in [0, 0.1) is 12.8 Å². The highest BCUT2D eigenvalue weighted by molar-refractivity contribution is 5.24. The Labute approximate surface area is 112 Å². The van der Waals surface area contributed by atoms with Crippen LogP contribution in [0.25, 0.3) is 0 Å². The zero-order valence-corrected chi connectivity index (χ0v) is 12.2. The molecule has 0 saturated carbocycles. The van der Waals surface area contributed by atoms with Gasteiger partial charge in [-0.1, -0.05) is 43.7 Å². The topological polar surface area (TPSA) is 21.3 Å². The lowest BCUT2D eigenvalue weighted by Gasteiger charge is -2.15. The number of hydrogen-bond acceptors (Lipinski definition) is 2. The summed E-state index contributed by atoms with van der Waals surface area (Å²) in [4.78, 5) is 0. The molecule has 0 spiro atoms. The molecule has 0 saturated heterocycles. The highest BCUT2D eigenvalue weighted by Crippen LogP contribution is 2.13. The zero-order chi connectivity index (χ0) is 13.4. The molecular weight excluding hydrogens is 222 g/mol. The largest absolute Gasteiger partial charge is 0.380 e. The highest BCUT2D eigenvalue weighted by atomic mass is 16.5. The summed E-state index contributed by atoms with van der Waals surface area (Å²) in [6.07, 6.45) is 1.15. The molecule has 1 aromatic carbocycles. The lowest BCUT2D eigenvalue weighted by Crippen LogP contribution is -2.23. The van der Waals surface area contributed by atoms with E-state index in [1.807, 2.05) is 0 Å². The molecule has 0 heterocycles. The van der Waals surface area contributed by atoms with Crippen LogP contribution in [-0.4, -0.2) is 19.8 Å². The minimum atomic E-state index is 0.388. The quantitative estimate of drug-likeness (QED) is 0.709. The number of ether oxygens (including phenoxy) is 1. The molecule has 0 bridgehead atoms. The van der Waals surface area contributed by atoms with Crippen LogP contribution in [0.15, 0.2) is 24.3 Å². The molecule has 0 radical (unpaired) electrons. The summed E-state index contributed by atoms with van der Waals surface area (Å²) < 4.78 is 5.59. The summed E-state index contributed by atoms with van der Waals surface area (Å²) >= 11 is 0. The summed E-state index contributed by atoms with van der Waals surface area (Å²) in [6, 6.07) is 9.04. The van der Waals surface area contributed by atoms with E-state index in [-0.39, 0.29) is 0 Å². The van der Waals surface area contributed by atoms with E-state index < -0.39 is 0 Å². The first-order valence-corrected chi connectivity index (χ1v) is 6.97. The van der Waals surface area contributed by atoms with Crippen LogP contribution < -0.4 is 5.32 Å². The van der Waals surface area contributed by atoms with Gasteiger partial charge in [0.25, 0.3) is 0 Å². The molecule has 2 nitrogen and oxygen atoms in total. The van der Waals surface area contributed by atoms with Gasteiger partial charge in [0.15, 0.2) is 0 Å². The molecule has 1 atom stereocenters. The van der Waals surface area contributed by atoms with Crippen LogP contribution in [0.4, 0.5) is 0 Å². The molecule has 0 aromatic heterocycles. The van der Waals surface area contributed by atoms with Gasteiger partial charge in [-0.2, -0.15) is 0 Å². The van der Waals surface area contributed by atoms with Crippen molar-refractivity contribution in [1.29, 1.82) is 0 Å². The Morgan fingerprint density at radius 1 is 1.17 bits per heavy atom. The molecule has 0 fully saturated rings. The number of aryl methyl sites for hydroxylation is 1. The molecule has 18 heavy (non-hydrogen) atoms. The number of rotatable bonds is 8. The van der Waals surface area contributed by atoms with Crippen molar-refractivity contribution < 1.29 is 4.74 Å². The fourth-order valence-electron chi connectivity index (χ4n) is 1.83. The van der Waals surface area contributed by atoms with Crippen LogP contribution in [0.1, 0.15) is 44.4 Å². The van der Waals surface area contributed by atoms with Gasteiger partial charge < -0.3 is 10.1 Å². The van der Waals surface area contributed by atoms with E-state index in [1.165, 1.54) is 11.1 Å². The number of hydrogen-bond donors (Lipinski definition) is 1. The second kappa shape index (κ2) is 8.28. The summed E-state index contributed by atoms with van der Waals surface area (Å²) in [5.41, 5.74) is 2.66. The number of nitrogens with one attached hydrogen (secondary N) is 1. The SMILES string of the molecule is Cc1cccc([C@H](C)NCCOCCC(C)C)c1. The van der Waals surface area contributed by atoms with Gasteiger partial charge in [0.1, 0.15) is 0 Å². The summed E-state index contributed by atoms with van der Waals surface area (Å²) in [7, 11) is 0. The van der Waals surface area contributed by atoms with Gasteiger partial charge in [-0.05, 0) is 31.7 Å². The van der Waals surface area contributed by atoms with Crippen molar-refractivity contribution in [2.24, 2.45) is 5.92 Å². The van der Waals surface area contributed by atoms with Gasteiger partial charge in [0.05, 0.1) is 6.61 Å². The Morgan fingerprint density at radius 2 is 1.94 bits per heavy atom. The third-order valence-electron chi connectivity index (χ3n) is 3.08. The van der Waals surface area contributed by atoms with Crippen molar-refractivity contribution in [2.45, 2.75) is 40.2 Å². The molecular formula is C16H27NO. The molecule has 2 heteroatoms. The molecule has 1 aromatic rings. The van der Waals surface area contributed by atoms with E-state index in [1.54, 1.807) is 0 Å². The van der Waals surface area contributed by atoms with Gasteiger partial charge >= 0.3 is 0 Å². The standard InChI is InChI=1S/C16H27NO/c1-13(2)8-10-18-11-9-17-15(4)16-7-5-6-14(3)12-16/h5-7,12-13,15,17H,8-11H2,1-4H3/t15-/m0/s1. The summed E-state index contributed by atoms with van der Waals surface area (Å²) in [6.45, 7) is 11.4. The third-order valence-corrected chi connectivity index (χ3v) is 3.08. The molecule has 1 rings (SSSR count). The lowest BCUT2D eigenvalue weighted by molar-refractivity contribution is 0.123. The molecule has 0 aliphatic carbocycles. The first-order valence-electron chi connectivity index (χ1n) is 6.97. The van der Waals surface area contributed by atoms with Gasteiger partial charge in [-0.15, -0.1) is 0 Å². The molecule has 1 N–H and O–H groups in total. The Bertz CT molecular complexity index is 336. The van der Waals surface area contributed by atoms with Crippen molar-refractivity contribution in [1.82, 2.24) is 5.32 Å². The van der Waals surface area contributed by atoms with Crippen molar-refractivity contribution in [2.75, 3.05) is 19.8 Å². The van der Waals surface area contributed by atoms with Crippen molar-refractivity contribution in [3.8, 4) is 0 Å². The van der Waals surface area contributed by atoms with Gasteiger partial charge in [-0.25, -0.2) is 0 Å². The van der Waals surface area contributed by atoms with E-state index in [0.29, 0.717) is 6.04 Å². The Kier molecular flexibility index (Phi) is 6.99. The summed E-state index contributed by atoms with van der Waals surface area (Å²) in [5.74, 6) is 0.726. The van der Waals surface area contributed by atoms with Crippen molar-refractivity contribution >= 4 is 0 Å². The van der Waals surface area contributed by atoms with Crippen molar-refractivity contribution in [3.63, 3.8) is 0 Å². The maximum absolute atomic E-state index is 5.59. The lowest BCUT2D eigenvalue weighted by atomic mass is 10.1.